The van der Waals surface area contributed by atoms with Gasteiger partial charge in [0.15, 0.2) is 6.10 Å². The lowest BCUT2D eigenvalue weighted by molar-refractivity contribution is -0.129. The van der Waals surface area contributed by atoms with Gasteiger partial charge in [0.25, 0.3) is 5.91 Å². The van der Waals surface area contributed by atoms with E-state index in [0.29, 0.717) is 15.8 Å². The van der Waals surface area contributed by atoms with E-state index in [1.807, 2.05) is 13.8 Å². The fraction of sp³-hybridized carbons (Fsp3) is 0.364. The SMILES string of the molecule is CC(C)C(Oc1cc(Cl)cc(Cl)c1)C(=O)NN. The summed E-state index contributed by atoms with van der Waals surface area (Å²) < 4.78 is 5.53. The molecule has 1 amide bonds. The van der Waals surface area contributed by atoms with Crippen LogP contribution in [0.4, 0.5) is 0 Å². The summed E-state index contributed by atoms with van der Waals surface area (Å²) in [5.74, 6) is 5.10. The highest BCUT2D eigenvalue weighted by atomic mass is 35.5. The van der Waals surface area contributed by atoms with E-state index in [1.165, 1.54) is 0 Å². The molecule has 0 radical (unpaired) electrons. The zero-order valence-corrected chi connectivity index (χ0v) is 11.0. The first-order chi connectivity index (χ1) is 7.93. The molecule has 0 aliphatic heterocycles. The number of hydrogen-bond donors (Lipinski definition) is 2. The van der Waals surface area contributed by atoms with E-state index in [4.69, 9.17) is 33.8 Å². The maximum atomic E-state index is 11.5. The lowest BCUT2D eigenvalue weighted by Gasteiger charge is -2.20. The molecule has 17 heavy (non-hydrogen) atoms. The van der Waals surface area contributed by atoms with E-state index in [9.17, 15) is 4.79 Å². The molecule has 1 unspecified atom stereocenters. The van der Waals surface area contributed by atoms with Gasteiger partial charge in [-0.25, -0.2) is 5.84 Å². The lowest BCUT2D eigenvalue weighted by atomic mass is 10.1. The van der Waals surface area contributed by atoms with Crippen molar-refractivity contribution in [3.63, 3.8) is 0 Å². The first-order valence-corrected chi connectivity index (χ1v) is 5.83. The van der Waals surface area contributed by atoms with Crippen molar-refractivity contribution in [2.45, 2.75) is 20.0 Å². The number of nitrogens with one attached hydrogen (secondary N) is 1. The van der Waals surface area contributed by atoms with Crippen molar-refractivity contribution in [3.05, 3.63) is 28.2 Å². The molecule has 0 bridgehead atoms. The van der Waals surface area contributed by atoms with Crippen LogP contribution in [0, 0.1) is 5.92 Å². The topological polar surface area (TPSA) is 64.3 Å². The fourth-order valence-electron chi connectivity index (χ4n) is 1.32. The predicted molar refractivity (Wildman–Crippen MR) is 68.0 cm³/mol. The van der Waals surface area contributed by atoms with Crippen LogP contribution < -0.4 is 16.0 Å². The van der Waals surface area contributed by atoms with Crippen LogP contribution in [-0.4, -0.2) is 12.0 Å². The number of amides is 1. The number of ether oxygens (including phenoxy) is 1. The van der Waals surface area contributed by atoms with Gasteiger partial charge in [-0.2, -0.15) is 0 Å². The molecular formula is C11H14Cl2N2O2. The Kier molecular flexibility index (Phi) is 5.05. The van der Waals surface area contributed by atoms with Crippen LogP contribution in [-0.2, 0) is 4.79 Å². The van der Waals surface area contributed by atoms with Crippen molar-refractivity contribution in [3.8, 4) is 5.75 Å². The second-order valence-electron chi connectivity index (χ2n) is 3.90. The number of hydrogen-bond acceptors (Lipinski definition) is 3. The van der Waals surface area contributed by atoms with Crippen LogP contribution in [0.3, 0.4) is 0 Å². The van der Waals surface area contributed by atoms with Gasteiger partial charge in [-0.3, -0.25) is 10.2 Å². The Bertz CT molecular complexity index is 390. The molecule has 94 valence electrons. The molecule has 0 fully saturated rings. The van der Waals surface area contributed by atoms with Gasteiger partial charge in [-0.05, 0) is 24.1 Å². The van der Waals surface area contributed by atoms with Gasteiger partial charge in [0.2, 0.25) is 0 Å². The summed E-state index contributed by atoms with van der Waals surface area (Å²) in [6.45, 7) is 3.71. The molecule has 0 spiro atoms. The third kappa shape index (κ3) is 4.07. The first kappa shape index (κ1) is 14.1. The van der Waals surface area contributed by atoms with E-state index in [0.717, 1.165) is 0 Å². The van der Waals surface area contributed by atoms with E-state index in [1.54, 1.807) is 18.2 Å². The van der Waals surface area contributed by atoms with Crippen LogP contribution in [0.25, 0.3) is 0 Å². The average Bonchev–Trinajstić information content (AvgIpc) is 2.23. The van der Waals surface area contributed by atoms with Crippen LogP contribution in [0.1, 0.15) is 13.8 Å². The van der Waals surface area contributed by atoms with Crippen LogP contribution in [0.2, 0.25) is 10.0 Å². The van der Waals surface area contributed by atoms with Crippen molar-refractivity contribution in [2.24, 2.45) is 11.8 Å². The highest BCUT2D eigenvalue weighted by Crippen LogP contribution is 2.25. The number of nitrogens with two attached hydrogens (primary N) is 1. The molecule has 0 heterocycles. The molecule has 0 saturated heterocycles. The van der Waals surface area contributed by atoms with Crippen molar-refractivity contribution < 1.29 is 9.53 Å². The molecular weight excluding hydrogens is 263 g/mol. The minimum atomic E-state index is -0.686. The molecule has 4 nitrogen and oxygen atoms in total. The second kappa shape index (κ2) is 6.10. The number of carbonyl (C=O) groups is 1. The smallest absolute Gasteiger partial charge is 0.275 e. The Hall–Kier alpha value is -0.970. The molecule has 1 atom stereocenters. The third-order valence-corrected chi connectivity index (χ3v) is 2.54. The maximum absolute atomic E-state index is 11.5. The highest BCUT2D eigenvalue weighted by Gasteiger charge is 2.23. The minimum Gasteiger partial charge on any atom is -0.480 e. The van der Waals surface area contributed by atoms with E-state index in [-0.39, 0.29) is 5.92 Å². The number of halogens is 2. The van der Waals surface area contributed by atoms with Crippen LogP contribution in [0.5, 0.6) is 5.75 Å². The number of hydrazine groups is 1. The lowest BCUT2D eigenvalue weighted by Crippen LogP contribution is -2.44. The molecule has 0 saturated carbocycles. The number of carbonyl (C=O) groups excluding carboxylic acids is 1. The molecule has 0 aliphatic carbocycles. The van der Waals surface area contributed by atoms with Crippen LogP contribution in [0.15, 0.2) is 18.2 Å². The Morgan fingerprint density at radius 1 is 1.29 bits per heavy atom. The molecule has 1 aromatic rings. The summed E-state index contributed by atoms with van der Waals surface area (Å²) in [5.41, 5.74) is 2.07. The normalized spacial score (nSPS) is 12.4. The summed E-state index contributed by atoms with van der Waals surface area (Å²) in [7, 11) is 0. The minimum absolute atomic E-state index is 0.0312. The van der Waals surface area contributed by atoms with Gasteiger partial charge in [-0.15, -0.1) is 0 Å². The highest BCUT2D eigenvalue weighted by molar-refractivity contribution is 6.34. The van der Waals surface area contributed by atoms with Crippen LogP contribution >= 0.6 is 23.2 Å². The van der Waals surface area contributed by atoms with E-state index in [2.05, 4.69) is 5.43 Å². The largest absolute Gasteiger partial charge is 0.480 e. The predicted octanol–water partition coefficient (Wildman–Crippen LogP) is 2.39. The summed E-state index contributed by atoms with van der Waals surface area (Å²) in [4.78, 5) is 11.5. The Morgan fingerprint density at radius 3 is 2.24 bits per heavy atom. The van der Waals surface area contributed by atoms with Crippen molar-refractivity contribution in [1.29, 1.82) is 0 Å². The zero-order chi connectivity index (χ0) is 13.0. The molecule has 0 aliphatic rings. The summed E-state index contributed by atoms with van der Waals surface area (Å²) in [6, 6.07) is 4.77. The Labute approximate surface area is 110 Å². The molecule has 6 heteroatoms. The Balaban J connectivity index is 2.89. The zero-order valence-electron chi connectivity index (χ0n) is 9.54. The van der Waals surface area contributed by atoms with E-state index < -0.39 is 12.0 Å². The second-order valence-corrected chi connectivity index (χ2v) is 4.77. The van der Waals surface area contributed by atoms with Crippen molar-refractivity contribution in [2.75, 3.05) is 0 Å². The standard InChI is InChI=1S/C11H14Cl2N2O2/c1-6(2)10(11(16)15-14)17-9-4-7(12)3-8(13)5-9/h3-6,10H,14H2,1-2H3,(H,15,16). The first-order valence-electron chi connectivity index (χ1n) is 5.07. The average molecular weight is 277 g/mol. The Morgan fingerprint density at radius 2 is 1.82 bits per heavy atom. The number of benzene rings is 1. The molecule has 0 aromatic heterocycles. The third-order valence-electron chi connectivity index (χ3n) is 2.11. The fourth-order valence-corrected chi connectivity index (χ4v) is 1.82. The summed E-state index contributed by atoms with van der Waals surface area (Å²) in [5, 5.41) is 0.895. The van der Waals surface area contributed by atoms with Crippen molar-refractivity contribution >= 4 is 29.1 Å². The van der Waals surface area contributed by atoms with Gasteiger partial charge in [0.1, 0.15) is 5.75 Å². The van der Waals surface area contributed by atoms with Gasteiger partial charge in [0, 0.05) is 10.0 Å². The van der Waals surface area contributed by atoms with Gasteiger partial charge in [-0.1, -0.05) is 37.0 Å². The van der Waals surface area contributed by atoms with Gasteiger partial charge < -0.3 is 4.74 Å². The van der Waals surface area contributed by atoms with Gasteiger partial charge in [0.05, 0.1) is 0 Å². The summed E-state index contributed by atoms with van der Waals surface area (Å²) in [6.07, 6.45) is -0.686. The van der Waals surface area contributed by atoms with Gasteiger partial charge >= 0.3 is 0 Å². The van der Waals surface area contributed by atoms with E-state index >= 15 is 0 Å². The number of rotatable bonds is 4. The quantitative estimate of drug-likeness (QED) is 0.504. The van der Waals surface area contributed by atoms with Crippen molar-refractivity contribution in [1.82, 2.24) is 5.43 Å². The maximum Gasteiger partial charge on any atom is 0.275 e. The molecule has 3 N–H and O–H groups in total. The molecule has 1 rings (SSSR count). The monoisotopic (exact) mass is 276 g/mol. The molecule has 1 aromatic carbocycles. The summed E-state index contributed by atoms with van der Waals surface area (Å²) >= 11 is 11.7.